The Morgan fingerprint density at radius 2 is 1.69 bits per heavy atom. The number of fused-ring (bicyclic) bond motifs is 5. The third-order valence-electron chi connectivity index (χ3n) is 6.97. The number of benzene rings is 1. The van der Waals surface area contributed by atoms with Crippen LogP contribution in [-0.4, -0.2) is 79.7 Å². The van der Waals surface area contributed by atoms with Gasteiger partial charge in [0.25, 0.3) is 11.8 Å². The number of amides is 3. The number of carbonyl (C=O) groups is 3. The molecule has 4 aliphatic heterocycles. The summed E-state index contributed by atoms with van der Waals surface area (Å²) in [5.41, 5.74) is 3.63. The number of nitrogens with zero attached hydrogens (tertiary/aromatic N) is 3. The van der Waals surface area contributed by atoms with Crippen LogP contribution in [0.5, 0.6) is 5.75 Å². The van der Waals surface area contributed by atoms with Gasteiger partial charge in [-0.15, -0.1) is 12.4 Å². The molecule has 4 atom stereocenters. The molecular weight excluding hydrogens is 436 g/mol. The molecule has 0 spiro atoms. The van der Waals surface area contributed by atoms with Crippen LogP contribution in [0.3, 0.4) is 0 Å². The number of imide groups is 1. The van der Waals surface area contributed by atoms with E-state index in [1.54, 1.807) is 7.11 Å². The summed E-state index contributed by atoms with van der Waals surface area (Å²) in [6.07, 6.45) is 1.52. The normalized spacial score (nSPS) is 29.2. The fourth-order valence-corrected chi connectivity index (χ4v) is 5.37. The molecule has 3 amide bonds. The average molecular weight is 465 g/mol. The zero-order chi connectivity index (χ0) is 21.5. The number of hydrogen-bond acceptors (Lipinski definition) is 7. The van der Waals surface area contributed by atoms with Crippen molar-refractivity contribution in [2.45, 2.75) is 31.5 Å². The summed E-state index contributed by atoms with van der Waals surface area (Å²) in [6.45, 7) is 3.94. The zero-order valence-electron chi connectivity index (χ0n) is 18.1. The monoisotopic (exact) mass is 464 g/mol. The number of halogens is 1. The molecule has 0 radical (unpaired) electrons. The first-order valence-electron chi connectivity index (χ1n) is 11.0. The van der Waals surface area contributed by atoms with E-state index >= 15 is 0 Å². The molecule has 1 aromatic rings. The lowest BCUT2D eigenvalue weighted by atomic mass is 9.81. The summed E-state index contributed by atoms with van der Waals surface area (Å²) in [5, 5.41) is 0.950. The number of ether oxygens (including phenoxy) is 2. The van der Waals surface area contributed by atoms with Gasteiger partial charge in [0.15, 0.2) is 0 Å². The minimum atomic E-state index is -0.422. The van der Waals surface area contributed by atoms with E-state index in [9.17, 15) is 14.4 Å². The molecule has 4 saturated heterocycles. The molecule has 4 aliphatic rings. The highest BCUT2D eigenvalue weighted by atomic mass is 35.5. The first-order chi connectivity index (χ1) is 15.1. The highest BCUT2D eigenvalue weighted by molar-refractivity contribution is 6.07. The van der Waals surface area contributed by atoms with Crippen LogP contribution in [0.2, 0.25) is 0 Å². The minimum Gasteiger partial charge on any atom is -0.495 e. The van der Waals surface area contributed by atoms with Crippen molar-refractivity contribution in [1.82, 2.24) is 15.3 Å². The molecule has 0 aromatic heterocycles. The topological polar surface area (TPSA) is 91.4 Å². The van der Waals surface area contributed by atoms with Gasteiger partial charge in [-0.25, -0.2) is 0 Å². The van der Waals surface area contributed by atoms with Crippen molar-refractivity contribution in [1.29, 1.82) is 0 Å². The molecule has 0 saturated carbocycles. The molecule has 32 heavy (non-hydrogen) atoms. The summed E-state index contributed by atoms with van der Waals surface area (Å²) in [6, 6.07) is 7.97. The lowest BCUT2D eigenvalue weighted by Crippen LogP contribution is -2.50. The Balaban J connectivity index is 0.00000245. The van der Waals surface area contributed by atoms with Crippen LogP contribution in [0.4, 0.5) is 5.69 Å². The number of rotatable bonds is 6. The Morgan fingerprint density at radius 3 is 2.31 bits per heavy atom. The van der Waals surface area contributed by atoms with Gasteiger partial charge in [-0.3, -0.25) is 24.7 Å². The van der Waals surface area contributed by atoms with Crippen LogP contribution < -0.4 is 15.1 Å². The number of hydrogen-bond donors (Lipinski definition) is 1. The van der Waals surface area contributed by atoms with E-state index in [0.717, 1.165) is 55.5 Å². The molecule has 4 unspecified atom stereocenters. The lowest BCUT2D eigenvalue weighted by Gasteiger charge is -2.36. The number of nitrogens with one attached hydrogen (secondary N) is 1. The molecule has 0 aliphatic carbocycles. The van der Waals surface area contributed by atoms with E-state index in [4.69, 9.17) is 9.47 Å². The lowest BCUT2D eigenvalue weighted by molar-refractivity contribution is -0.151. The van der Waals surface area contributed by atoms with Gasteiger partial charge in [-0.1, -0.05) is 12.1 Å². The Bertz CT molecular complexity index is 863. The maximum Gasteiger partial charge on any atom is 0.254 e. The van der Waals surface area contributed by atoms with Crippen molar-refractivity contribution >= 4 is 35.8 Å². The Kier molecular flexibility index (Phi) is 6.60. The molecule has 2 bridgehead atoms. The fraction of sp³-hybridized carbons (Fsp3) is 0.591. The second-order valence-corrected chi connectivity index (χ2v) is 8.64. The molecule has 1 aromatic carbocycles. The third-order valence-corrected chi connectivity index (χ3v) is 6.97. The van der Waals surface area contributed by atoms with Crippen molar-refractivity contribution in [2.75, 3.05) is 44.7 Å². The first-order valence-corrected chi connectivity index (χ1v) is 11.0. The predicted molar refractivity (Wildman–Crippen MR) is 118 cm³/mol. The van der Waals surface area contributed by atoms with Crippen LogP contribution in [-0.2, 0) is 19.1 Å². The maximum absolute atomic E-state index is 12.6. The van der Waals surface area contributed by atoms with E-state index in [2.05, 4.69) is 21.3 Å². The van der Waals surface area contributed by atoms with E-state index in [-0.39, 0.29) is 48.8 Å². The molecule has 174 valence electrons. The largest absolute Gasteiger partial charge is 0.495 e. The Morgan fingerprint density at radius 1 is 1.06 bits per heavy atom. The highest BCUT2D eigenvalue weighted by Crippen LogP contribution is 2.48. The molecular formula is C22H29ClN4O5. The molecule has 5 rings (SSSR count). The van der Waals surface area contributed by atoms with Crippen molar-refractivity contribution in [3.05, 3.63) is 24.3 Å². The van der Waals surface area contributed by atoms with E-state index in [1.165, 1.54) is 0 Å². The second kappa shape index (κ2) is 9.25. The number of piperazine rings is 1. The van der Waals surface area contributed by atoms with Gasteiger partial charge in [-0.05, 0) is 25.0 Å². The summed E-state index contributed by atoms with van der Waals surface area (Å²) in [4.78, 5) is 42.2. The van der Waals surface area contributed by atoms with Crippen LogP contribution in [0, 0.1) is 11.8 Å². The highest BCUT2D eigenvalue weighted by Gasteiger charge is 2.62. The van der Waals surface area contributed by atoms with Crippen LogP contribution in [0.1, 0.15) is 19.3 Å². The summed E-state index contributed by atoms with van der Waals surface area (Å²) >= 11 is 0. The van der Waals surface area contributed by atoms with Crippen LogP contribution in [0.15, 0.2) is 24.3 Å². The zero-order valence-corrected chi connectivity index (χ0v) is 18.9. The van der Waals surface area contributed by atoms with Crippen molar-refractivity contribution in [2.24, 2.45) is 11.8 Å². The molecule has 4 heterocycles. The van der Waals surface area contributed by atoms with Gasteiger partial charge in [0.2, 0.25) is 5.91 Å². The summed E-state index contributed by atoms with van der Waals surface area (Å²) in [7, 11) is 1.68. The first kappa shape index (κ1) is 22.8. The van der Waals surface area contributed by atoms with E-state index in [0.29, 0.717) is 6.54 Å². The molecule has 4 fully saturated rings. The Hall–Kier alpha value is -2.36. The van der Waals surface area contributed by atoms with Gasteiger partial charge >= 0.3 is 0 Å². The van der Waals surface area contributed by atoms with Crippen molar-refractivity contribution < 1.29 is 23.9 Å². The fourth-order valence-electron chi connectivity index (χ4n) is 5.37. The van der Waals surface area contributed by atoms with Gasteiger partial charge in [0.05, 0.1) is 36.8 Å². The second-order valence-electron chi connectivity index (χ2n) is 8.64. The number of para-hydroxylation sites is 2. The average Bonchev–Trinajstić information content (AvgIpc) is 3.48. The molecule has 1 N–H and O–H groups in total. The van der Waals surface area contributed by atoms with Crippen LogP contribution in [0.25, 0.3) is 0 Å². The van der Waals surface area contributed by atoms with Gasteiger partial charge < -0.3 is 14.4 Å². The number of methoxy groups -OCH3 is 1. The number of anilines is 1. The smallest absolute Gasteiger partial charge is 0.254 e. The predicted octanol–water partition coefficient (Wildman–Crippen LogP) is 0.823. The molecule has 10 heteroatoms. The quantitative estimate of drug-likeness (QED) is 0.623. The van der Waals surface area contributed by atoms with Gasteiger partial charge in [-0.2, -0.15) is 5.01 Å². The van der Waals surface area contributed by atoms with Gasteiger partial charge in [0, 0.05) is 39.1 Å². The maximum atomic E-state index is 12.6. The minimum absolute atomic E-state index is 0. The van der Waals surface area contributed by atoms with E-state index < -0.39 is 11.8 Å². The summed E-state index contributed by atoms with van der Waals surface area (Å²) in [5.74, 6) is -0.924. The van der Waals surface area contributed by atoms with Crippen LogP contribution >= 0.6 is 12.4 Å². The molecule has 9 nitrogen and oxygen atoms in total. The third kappa shape index (κ3) is 3.93. The van der Waals surface area contributed by atoms with Crippen molar-refractivity contribution in [3.63, 3.8) is 0 Å². The standard InChI is InChI=1S/C22H28N4O5.ClH/c1-30-15-5-3-2-4-14(15)25-12-10-24(11-13-25)9-8-18(27)23-26-21(28)19-16-6-7-17(31-16)20(19)22(26)29;/h2-5,16-17,19-20H,6-13H2,1H3,(H,23,27);1H. The number of hydrazine groups is 1. The van der Waals surface area contributed by atoms with Crippen molar-refractivity contribution in [3.8, 4) is 5.75 Å². The van der Waals surface area contributed by atoms with E-state index in [1.807, 2.05) is 18.2 Å². The summed E-state index contributed by atoms with van der Waals surface area (Å²) < 4.78 is 11.2. The van der Waals surface area contributed by atoms with Gasteiger partial charge in [0.1, 0.15) is 5.75 Å². The number of carbonyl (C=O) groups excluding carboxylic acids is 3. The Labute approximate surface area is 193 Å². The SMILES string of the molecule is COc1ccccc1N1CCN(CCC(=O)NN2C(=O)C3C4CCC(O4)C3C2=O)CC1.Cl.